The van der Waals surface area contributed by atoms with Crippen LogP contribution in [0, 0.1) is 11.8 Å². The fourth-order valence-electron chi connectivity index (χ4n) is 4.89. The average Bonchev–Trinajstić information content (AvgIpc) is 2.96. The van der Waals surface area contributed by atoms with Gasteiger partial charge in [-0.15, -0.1) is 4.99 Å². The van der Waals surface area contributed by atoms with Crippen LogP contribution in [0.2, 0.25) is 5.02 Å². The predicted octanol–water partition coefficient (Wildman–Crippen LogP) is 6.32. The summed E-state index contributed by atoms with van der Waals surface area (Å²) in [6.45, 7) is 10.4. The first-order valence-electron chi connectivity index (χ1n) is 15.4. The Morgan fingerprint density at radius 1 is 0.894 bits per heavy atom. The second kappa shape index (κ2) is 14.7. The number of ether oxygens (including phenoxy) is 2. The summed E-state index contributed by atoms with van der Waals surface area (Å²) in [6.07, 6.45) is 2.80. The van der Waals surface area contributed by atoms with Crippen molar-refractivity contribution < 1.29 is 23.9 Å². The first-order chi connectivity index (χ1) is 22.0. The van der Waals surface area contributed by atoms with Crippen molar-refractivity contribution in [2.24, 2.45) is 4.99 Å². The summed E-state index contributed by atoms with van der Waals surface area (Å²) in [5.41, 5.74) is 6.45. The maximum absolute atomic E-state index is 13.0. The number of hydrogen-bond acceptors (Lipinski definition) is 7. The number of rotatable bonds is 3. The van der Waals surface area contributed by atoms with Gasteiger partial charge < -0.3 is 25.8 Å². The maximum Gasteiger partial charge on any atom is 0.437 e. The number of fused-ring (bicyclic) bond motifs is 1. The second-order valence-corrected chi connectivity index (χ2v) is 13.7. The minimum atomic E-state index is -0.839. The molecular formula is C35H41ClN6O5. The summed E-state index contributed by atoms with van der Waals surface area (Å²) in [6, 6.07) is 12.4. The molecule has 0 aliphatic heterocycles. The van der Waals surface area contributed by atoms with Gasteiger partial charge in [-0.05, 0) is 104 Å². The van der Waals surface area contributed by atoms with Crippen LogP contribution >= 0.6 is 11.6 Å². The standard InChI is InChI=1S/C35H41ClN6O5/c1-34(2,3)46-32(44)41-31(42-33(45)47-35(4,5)6)40-26-16-14-25(15-17-26)39-30(43)22-10-7-21(8-11-22)9-18-27-28-19-24(36)13-12-23(28)20-38-29(27)37/h7-8,10-13,19-20,25-26H,14-17H2,1-6H3,(H2,37,38)(H,39,43)(H2,40,41,42,44,45)/t25-,26-. The van der Waals surface area contributed by atoms with Gasteiger partial charge in [-0.2, -0.15) is 0 Å². The Bertz CT molecular complexity index is 1720. The van der Waals surface area contributed by atoms with E-state index in [0.29, 0.717) is 47.7 Å². The van der Waals surface area contributed by atoms with E-state index in [9.17, 15) is 14.4 Å². The third kappa shape index (κ3) is 10.9. The molecule has 0 unspecified atom stereocenters. The molecule has 3 aromatic rings. The van der Waals surface area contributed by atoms with Crippen molar-refractivity contribution in [3.8, 4) is 11.8 Å². The van der Waals surface area contributed by atoms with Crippen molar-refractivity contribution in [2.75, 3.05) is 5.73 Å². The van der Waals surface area contributed by atoms with E-state index in [1.807, 2.05) is 12.1 Å². The van der Waals surface area contributed by atoms with E-state index < -0.39 is 23.4 Å². The van der Waals surface area contributed by atoms with Crippen LogP contribution in [0.3, 0.4) is 0 Å². The van der Waals surface area contributed by atoms with Gasteiger partial charge in [-0.1, -0.05) is 29.5 Å². The number of nitrogens with one attached hydrogen (secondary N) is 3. The molecule has 5 N–H and O–H groups in total. The number of hydrogen-bond donors (Lipinski definition) is 4. The first kappa shape index (κ1) is 35.0. The Morgan fingerprint density at radius 2 is 1.51 bits per heavy atom. The van der Waals surface area contributed by atoms with Gasteiger partial charge in [0, 0.05) is 45.2 Å². The van der Waals surface area contributed by atoms with E-state index in [-0.39, 0.29) is 24.0 Å². The van der Waals surface area contributed by atoms with Crippen LogP contribution in [-0.2, 0) is 9.47 Å². The number of carbonyl (C=O) groups excluding carboxylic acids is 3. The third-order valence-corrected chi connectivity index (χ3v) is 7.22. The number of nitrogens with two attached hydrogens (primary N) is 1. The van der Waals surface area contributed by atoms with Gasteiger partial charge in [-0.25, -0.2) is 14.6 Å². The number of aliphatic imine (C=N–C) groups is 1. The number of amides is 3. The van der Waals surface area contributed by atoms with Gasteiger partial charge in [0.05, 0.1) is 5.56 Å². The lowest BCUT2D eigenvalue weighted by Crippen LogP contribution is -2.50. The Morgan fingerprint density at radius 3 is 2.13 bits per heavy atom. The zero-order valence-corrected chi connectivity index (χ0v) is 28.2. The molecule has 0 spiro atoms. The lowest BCUT2D eigenvalue weighted by atomic mass is 9.91. The van der Waals surface area contributed by atoms with E-state index in [2.05, 4.69) is 37.8 Å². The Hall–Kier alpha value is -4.82. The lowest BCUT2D eigenvalue weighted by Gasteiger charge is -2.30. The van der Waals surface area contributed by atoms with Crippen LogP contribution in [0.5, 0.6) is 0 Å². The molecule has 1 aliphatic carbocycles. The molecule has 1 fully saturated rings. The molecule has 0 atom stereocenters. The number of benzene rings is 2. The number of alkyl carbamates (subject to hydrolysis) is 1. The fraction of sp³-hybridized carbons (Fsp3) is 0.400. The fourth-order valence-corrected chi connectivity index (χ4v) is 5.06. The number of halogens is 1. The molecule has 0 saturated heterocycles. The van der Waals surface area contributed by atoms with Crippen molar-refractivity contribution in [1.29, 1.82) is 0 Å². The van der Waals surface area contributed by atoms with Crippen LogP contribution in [0.4, 0.5) is 15.4 Å². The molecule has 4 rings (SSSR count). The van der Waals surface area contributed by atoms with Crippen molar-refractivity contribution in [1.82, 2.24) is 20.9 Å². The van der Waals surface area contributed by atoms with Crippen LogP contribution in [0.15, 0.2) is 53.7 Å². The van der Waals surface area contributed by atoms with Gasteiger partial charge in [0.2, 0.25) is 5.96 Å². The van der Waals surface area contributed by atoms with Gasteiger partial charge >= 0.3 is 12.2 Å². The molecule has 0 radical (unpaired) electrons. The molecule has 47 heavy (non-hydrogen) atoms. The number of guanidine groups is 1. The predicted molar refractivity (Wildman–Crippen MR) is 183 cm³/mol. The Labute approximate surface area is 280 Å². The van der Waals surface area contributed by atoms with E-state index in [1.165, 1.54) is 0 Å². The van der Waals surface area contributed by atoms with Crippen LogP contribution in [0.1, 0.15) is 88.7 Å². The van der Waals surface area contributed by atoms with Gasteiger partial charge in [0.25, 0.3) is 5.91 Å². The highest BCUT2D eigenvalue weighted by Gasteiger charge is 2.26. The highest BCUT2D eigenvalue weighted by molar-refractivity contribution is 6.31. The molecule has 1 aromatic heterocycles. The number of nitrogens with zero attached hydrogens (tertiary/aromatic N) is 2. The molecule has 3 amide bonds. The van der Waals surface area contributed by atoms with Gasteiger partial charge in [0.15, 0.2) is 0 Å². The molecule has 2 aromatic carbocycles. The highest BCUT2D eigenvalue weighted by atomic mass is 35.5. The van der Waals surface area contributed by atoms with Crippen molar-refractivity contribution in [2.45, 2.75) is 90.5 Å². The van der Waals surface area contributed by atoms with Crippen LogP contribution in [-0.4, -0.2) is 52.3 Å². The molecule has 1 saturated carbocycles. The molecule has 1 heterocycles. The zero-order valence-electron chi connectivity index (χ0n) is 27.5. The smallest absolute Gasteiger partial charge is 0.437 e. The topological polar surface area (TPSA) is 157 Å². The molecule has 12 heteroatoms. The minimum Gasteiger partial charge on any atom is -0.444 e. The SMILES string of the molecule is CC(C)(C)OC(=O)/N=C(\NC(=O)OC(C)(C)C)N[C@H]1CC[C@H](NC(=O)c2ccc(C#Cc3c(N)ncc4ccc(Cl)cc34)cc2)CC1. The molecule has 248 valence electrons. The molecule has 11 nitrogen and oxygen atoms in total. The quantitative estimate of drug-likeness (QED) is 0.144. The number of aromatic nitrogens is 1. The second-order valence-electron chi connectivity index (χ2n) is 13.3. The summed E-state index contributed by atoms with van der Waals surface area (Å²) < 4.78 is 10.6. The largest absolute Gasteiger partial charge is 0.444 e. The number of pyridine rings is 1. The van der Waals surface area contributed by atoms with Crippen LogP contribution in [0.25, 0.3) is 10.8 Å². The summed E-state index contributed by atoms with van der Waals surface area (Å²) in [7, 11) is 0. The van der Waals surface area contributed by atoms with Crippen LogP contribution < -0.4 is 21.7 Å². The highest BCUT2D eigenvalue weighted by Crippen LogP contribution is 2.25. The van der Waals surface area contributed by atoms with Gasteiger partial charge in [0.1, 0.15) is 17.0 Å². The first-order valence-corrected chi connectivity index (χ1v) is 15.8. The number of carbonyl (C=O) groups is 3. The van der Waals surface area contributed by atoms with E-state index in [4.69, 9.17) is 26.8 Å². The molecule has 1 aliphatic rings. The monoisotopic (exact) mass is 660 g/mol. The summed E-state index contributed by atoms with van der Waals surface area (Å²) in [5, 5.41) is 11.0. The third-order valence-electron chi connectivity index (χ3n) is 6.98. The molecular weight excluding hydrogens is 620 g/mol. The summed E-state index contributed by atoms with van der Waals surface area (Å²) in [5.74, 6) is 6.29. The summed E-state index contributed by atoms with van der Waals surface area (Å²) >= 11 is 6.18. The Kier molecular flexibility index (Phi) is 11.0. The van der Waals surface area contributed by atoms with E-state index in [0.717, 1.165) is 16.3 Å². The van der Waals surface area contributed by atoms with Gasteiger partial charge in [-0.3, -0.25) is 10.1 Å². The zero-order chi connectivity index (χ0) is 34.4. The Balaban J connectivity index is 1.34. The van der Waals surface area contributed by atoms with E-state index in [1.54, 1.807) is 78.1 Å². The minimum absolute atomic E-state index is 0.0428. The number of nitrogen functional groups attached to an aromatic ring is 1. The lowest BCUT2D eigenvalue weighted by molar-refractivity contribution is 0.0559. The van der Waals surface area contributed by atoms with Crippen molar-refractivity contribution >= 4 is 52.2 Å². The average molecular weight is 661 g/mol. The number of anilines is 1. The van der Waals surface area contributed by atoms with E-state index >= 15 is 0 Å². The normalized spacial score (nSPS) is 16.8. The molecule has 0 bridgehead atoms. The van der Waals surface area contributed by atoms with Crippen molar-refractivity contribution in [3.05, 3.63) is 70.4 Å². The maximum atomic E-state index is 13.0. The van der Waals surface area contributed by atoms with Crippen molar-refractivity contribution in [3.63, 3.8) is 0 Å². The summed E-state index contributed by atoms with van der Waals surface area (Å²) in [4.78, 5) is 46.0.